The zero-order valence-corrected chi connectivity index (χ0v) is 20.0. The first-order valence-electron chi connectivity index (χ1n) is 12.3. The van der Waals surface area contributed by atoms with Gasteiger partial charge in [0, 0.05) is 49.2 Å². The number of aromatic nitrogens is 1. The van der Waals surface area contributed by atoms with E-state index in [0.717, 1.165) is 73.7 Å². The number of morpholine rings is 1. The van der Waals surface area contributed by atoms with E-state index in [9.17, 15) is 4.79 Å². The molecule has 0 bridgehead atoms. The molecule has 3 aromatic rings. The molecule has 6 nitrogen and oxygen atoms in total. The highest BCUT2D eigenvalue weighted by Crippen LogP contribution is 2.28. The van der Waals surface area contributed by atoms with Crippen molar-refractivity contribution in [2.75, 3.05) is 46.1 Å². The fourth-order valence-electron chi connectivity index (χ4n) is 5.25. The number of ether oxygens (including phenoxy) is 2. The molecule has 0 radical (unpaired) electrons. The van der Waals surface area contributed by atoms with Gasteiger partial charge in [-0.15, -0.1) is 0 Å². The fraction of sp³-hybridized carbons (Fsp3) is 0.429. The maximum absolute atomic E-state index is 13.6. The zero-order valence-electron chi connectivity index (χ0n) is 20.0. The van der Waals surface area contributed by atoms with E-state index >= 15 is 0 Å². The molecule has 0 spiro atoms. The van der Waals surface area contributed by atoms with E-state index in [0.29, 0.717) is 18.0 Å². The number of aryl methyl sites for hydroxylation is 2. The van der Waals surface area contributed by atoms with Gasteiger partial charge in [-0.3, -0.25) is 9.69 Å². The molecule has 2 aliphatic rings. The molecule has 2 aliphatic heterocycles. The first kappa shape index (κ1) is 23.0. The van der Waals surface area contributed by atoms with Crippen LogP contribution in [0.2, 0.25) is 0 Å². The van der Waals surface area contributed by atoms with Crippen molar-refractivity contribution in [3.8, 4) is 11.3 Å². The minimum atomic E-state index is -0.0539. The molecule has 2 aromatic carbocycles. The summed E-state index contributed by atoms with van der Waals surface area (Å²) in [7, 11) is 0. The van der Waals surface area contributed by atoms with E-state index < -0.39 is 0 Å². The van der Waals surface area contributed by atoms with Crippen LogP contribution in [0.15, 0.2) is 48.5 Å². The van der Waals surface area contributed by atoms with Crippen LogP contribution in [-0.2, 0) is 9.47 Å². The maximum atomic E-state index is 13.6. The van der Waals surface area contributed by atoms with Crippen molar-refractivity contribution in [2.24, 2.45) is 5.92 Å². The van der Waals surface area contributed by atoms with Gasteiger partial charge in [0.05, 0.1) is 36.6 Å². The average molecular weight is 460 g/mol. The number of hydrogen-bond donors (Lipinski definition) is 1. The molecule has 2 atom stereocenters. The summed E-state index contributed by atoms with van der Waals surface area (Å²) in [6.07, 6.45) is 1.03. The lowest BCUT2D eigenvalue weighted by atomic mass is 9.96. The van der Waals surface area contributed by atoms with Gasteiger partial charge in [0.25, 0.3) is 5.91 Å². The van der Waals surface area contributed by atoms with Gasteiger partial charge in [-0.2, -0.15) is 0 Å². The molecule has 0 aliphatic carbocycles. The SMILES string of the molecule is Cc1ccc(-c2cc(C(=O)NC[C@@H]([C@H]3CCOC3)N3CCOCC3)c3ccccc3n2)c(C)c1. The largest absolute Gasteiger partial charge is 0.381 e. The van der Waals surface area contributed by atoms with Gasteiger partial charge in [0.2, 0.25) is 0 Å². The normalized spacial score (nSPS) is 19.9. The number of fused-ring (bicyclic) bond motifs is 1. The van der Waals surface area contributed by atoms with Crippen LogP contribution in [0.25, 0.3) is 22.2 Å². The van der Waals surface area contributed by atoms with Gasteiger partial charge in [-0.25, -0.2) is 4.98 Å². The summed E-state index contributed by atoms with van der Waals surface area (Å²) in [5, 5.41) is 4.14. The van der Waals surface area contributed by atoms with Gasteiger partial charge in [0.1, 0.15) is 0 Å². The molecule has 178 valence electrons. The third kappa shape index (κ3) is 4.85. The van der Waals surface area contributed by atoms with Gasteiger partial charge < -0.3 is 14.8 Å². The third-order valence-electron chi connectivity index (χ3n) is 7.11. The van der Waals surface area contributed by atoms with Crippen LogP contribution < -0.4 is 5.32 Å². The Hall–Kier alpha value is -2.80. The molecule has 6 heteroatoms. The highest BCUT2D eigenvalue weighted by atomic mass is 16.5. The predicted octanol–water partition coefficient (Wildman–Crippen LogP) is 3.99. The molecule has 5 rings (SSSR count). The second-order valence-electron chi connectivity index (χ2n) is 9.44. The molecule has 2 saturated heterocycles. The van der Waals surface area contributed by atoms with Crippen LogP contribution >= 0.6 is 0 Å². The second kappa shape index (κ2) is 10.2. The van der Waals surface area contributed by atoms with Gasteiger partial charge >= 0.3 is 0 Å². The molecule has 0 unspecified atom stereocenters. The summed E-state index contributed by atoms with van der Waals surface area (Å²) in [5.74, 6) is 0.375. The highest BCUT2D eigenvalue weighted by molar-refractivity contribution is 6.07. The average Bonchev–Trinajstić information content (AvgIpc) is 3.39. The Morgan fingerprint density at radius 2 is 1.91 bits per heavy atom. The standard InChI is InChI=1S/C28H33N3O3/c1-19-7-8-22(20(2)15-19)26-16-24(23-5-3-4-6-25(23)30-26)28(32)29-17-27(21-9-12-34-18-21)31-10-13-33-14-11-31/h3-8,15-16,21,27H,9-14,17-18H2,1-2H3,(H,29,32)/t21-,27-/m0/s1. The van der Waals surface area contributed by atoms with Crippen molar-refractivity contribution < 1.29 is 14.3 Å². The number of benzene rings is 2. The minimum absolute atomic E-state index is 0.0539. The van der Waals surface area contributed by atoms with Crippen molar-refractivity contribution >= 4 is 16.8 Å². The second-order valence-corrected chi connectivity index (χ2v) is 9.44. The lowest BCUT2D eigenvalue weighted by Crippen LogP contribution is -2.52. The van der Waals surface area contributed by atoms with Crippen molar-refractivity contribution in [3.05, 3.63) is 65.2 Å². The highest BCUT2D eigenvalue weighted by Gasteiger charge is 2.32. The smallest absolute Gasteiger partial charge is 0.252 e. The van der Waals surface area contributed by atoms with Crippen LogP contribution in [-0.4, -0.2) is 67.9 Å². The van der Waals surface area contributed by atoms with E-state index in [1.165, 1.54) is 5.56 Å². The molecule has 1 amide bonds. The van der Waals surface area contributed by atoms with Crippen LogP contribution in [0, 0.1) is 19.8 Å². The summed E-state index contributed by atoms with van der Waals surface area (Å²) in [6, 6.07) is 16.4. The predicted molar refractivity (Wildman–Crippen MR) is 134 cm³/mol. The minimum Gasteiger partial charge on any atom is -0.381 e. The molecule has 34 heavy (non-hydrogen) atoms. The van der Waals surface area contributed by atoms with Crippen molar-refractivity contribution in [1.29, 1.82) is 0 Å². The number of amides is 1. The monoisotopic (exact) mass is 459 g/mol. The molecule has 0 saturated carbocycles. The van der Waals surface area contributed by atoms with Crippen molar-refractivity contribution in [1.82, 2.24) is 15.2 Å². The van der Waals surface area contributed by atoms with E-state index in [1.807, 2.05) is 30.3 Å². The first-order chi connectivity index (χ1) is 16.6. The Kier molecular flexibility index (Phi) is 6.90. The lowest BCUT2D eigenvalue weighted by Gasteiger charge is -2.37. The lowest BCUT2D eigenvalue weighted by molar-refractivity contribution is 0.00167. The number of nitrogens with zero attached hydrogens (tertiary/aromatic N) is 2. The number of para-hydroxylation sites is 1. The number of pyridine rings is 1. The van der Waals surface area contributed by atoms with Gasteiger partial charge in [-0.05, 0) is 38.0 Å². The van der Waals surface area contributed by atoms with Crippen LogP contribution in [0.1, 0.15) is 27.9 Å². The van der Waals surface area contributed by atoms with Gasteiger partial charge in [0.15, 0.2) is 0 Å². The Balaban J connectivity index is 1.43. The number of nitrogens with one attached hydrogen (secondary N) is 1. The summed E-state index contributed by atoms with van der Waals surface area (Å²) >= 11 is 0. The topological polar surface area (TPSA) is 63.7 Å². The van der Waals surface area contributed by atoms with Crippen molar-refractivity contribution in [3.63, 3.8) is 0 Å². The van der Waals surface area contributed by atoms with Crippen LogP contribution in [0.5, 0.6) is 0 Å². The molecular formula is C28H33N3O3. The summed E-state index contributed by atoms with van der Waals surface area (Å²) in [5.41, 5.74) is 5.76. The van der Waals surface area contributed by atoms with E-state index in [1.54, 1.807) is 0 Å². The Labute approximate surface area is 201 Å². The maximum Gasteiger partial charge on any atom is 0.252 e. The Morgan fingerprint density at radius 1 is 1.09 bits per heavy atom. The Morgan fingerprint density at radius 3 is 2.68 bits per heavy atom. The van der Waals surface area contributed by atoms with E-state index in [-0.39, 0.29) is 11.9 Å². The summed E-state index contributed by atoms with van der Waals surface area (Å²) < 4.78 is 11.2. The Bertz CT molecular complexity index is 1170. The number of rotatable bonds is 6. The number of carbonyl (C=O) groups is 1. The fourth-order valence-corrected chi connectivity index (χ4v) is 5.25. The number of hydrogen-bond acceptors (Lipinski definition) is 5. The zero-order chi connectivity index (χ0) is 23.5. The molecule has 1 N–H and O–H groups in total. The summed E-state index contributed by atoms with van der Waals surface area (Å²) in [6.45, 7) is 9.61. The molecule has 2 fully saturated rings. The first-order valence-corrected chi connectivity index (χ1v) is 12.3. The number of carbonyl (C=O) groups excluding carboxylic acids is 1. The van der Waals surface area contributed by atoms with Crippen LogP contribution in [0.3, 0.4) is 0 Å². The molecule has 1 aromatic heterocycles. The third-order valence-corrected chi connectivity index (χ3v) is 7.11. The van der Waals surface area contributed by atoms with E-state index in [2.05, 4.69) is 42.3 Å². The molecular weight excluding hydrogens is 426 g/mol. The van der Waals surface area contributed by atoms with Crippen molar-refractivity contribution in [2.45, 2.75) is 26.3 Å². The quantitative estimate of drug-likeness (QED) is 0.604. The van der Waals surface area contributed by atoms with Gasteiger partial charge in [-0.1, -0.05) is 42.0 Å². The van der Waals surface area contributed by atoms with E-state index in [4.69, 9.17) is 14.5 Å². The summed E-state index contributed by atoms with van der Waals surface area (Å²) in [4.78, 5) is 20.9. The van der Waals surface area contributed by atoms with Crippen LogP contribution in [0.4, 0.5) is 0 Å². The molecule has 3 heterocycles.